The third-order valence-corrected chi connectivity index (χ3v) is 1.96. The zero-order chi connectivity index (χ0) is 10.6. The zero-order valence-electron chi connectivity index (χ0n) is 7.83. The third kappa shape index (κ3) is 3.58. The Bertz CT molecular complexity index is 138. The van der Waals surface area contributed by atoms with Gasteiger partial charge < -0.3 is 25.5 Å². The van der Waals surface area contributed by atoms with E-state index in [1.54, 1.807) is 13.8 Å². The Morgan fingerprint density at radius 3 is 1.62 bits per heavy atom. The molecule has 4 atom stereocenters. The summed E-state index contributed by atoms with van der Waals surface area (Å²) in [7, 11) is 0. The molecule has 5 nitrogen and oxygen atoms in total. The van der Waals surface area contributed by atoms with Crippen molar-refractivity contribution in [1.29, 1.82) is 0 Å². The molecule has 0 unspecified atom stereocenters. The molecule has 0 aromatic carbocycles. The summed E-state index contributed by atoms with van der Waals surface area (Å²) >= 11 is 0. The summed E-state index contributed by atoms with van der Waals surface area (Å²) in [5.41, 5.74) is 0. The molecule has 80 valence electrons. The summed E-state index contributed by atoms with van der Waals surface area (Å²) in [4.78, 5) is 0. The van der Waals surface area contributed by atoms with E-state index in [4.69, 9.17) is 10.2 Å². The monoisotopic (exact) mass is 194 g/mol. The first kappa shape index (κ1) is 12.8. The van der Waals surface area contributed by atoms with E-state index in [-0.39, 0.29) is 5.92 Å². The molecule has 5 heteroatoms. The van der Waals surface area contributed by atoms with Gasteiger partial charge in [-0.05, 0) is 5.92 Å². The Labute approximate surface area is 77.3 Å². The maximum atomic E-state index is 9.31. The molecule has 0 aliphatic heterocycles. The molecule has 0 spiro atoms. The largest absolute Gasteiger partial charge is 0.394 e. The van der Waals surface area contributed by atoms with E-state index in [1.807, 2.05) is 0 Å². The minimum atomic E-state index is -1.53. The number of aliphatic hydroxyl groups excluding tert-OH is 5. The second-order valence-corrected chi connectivity index (χ2v) is 3.47. The highest BCUT2D eigenvalue weighted by Crippen LogP contribution is 2.11. The molecule has 0 saturated carbocycles. The molecule has 0 fully saturated rings. The Morgan fingerprint density at radius 2 is 1.31 bits per heavy atom. The Hall–Kier alpha value is -0.200. The number of hydrogen-bond donors (Lipinski definition) is 5. The maximum Gasteiger partial charge on any atom is 0.110 e. The average molecular weight is 194 g/mol. The first-order valence-electron chi connectivity index (χ1n) is 4.25. The molecule has 0 saturated heterocycles. The topological polar surface area (TPSA) is 101 Å². The van der Waals surface area contributed by atoms with Crippen LogP contribution in [0.1, 0.15) is 13.8 Å². The molecule has 5 N–H and O–H groups in total. The van der Waals surface area contributed by atoms with Gasteiger partial charge in [-0.2, -0.15) is 0 Å². The quantitative estimate of drug-likeness (QED) is 0.351. The molecular formula is C8H18O5. The molecule has 13 heavy (non-hydrogen) atoms. The second-order valence-electron chi connectivity index (χ2n) is 3.47. The van der Waals surface area contributed by atoms with Gasteiger partial charge in [-0.25, -0.2) is 0 Å². The highest BCUT2D eigenvalue weighted by atomic mass is 16.4. The third-order valence-electron chi connectivity index (χ3n) is 1.96. The molecule has 0 aromatic heterocycles. The molecule has 0 heterocycles. The van der Waals surface area contributed by atoms with Crippen LogP contribution in [0.2, 0.25) is 0 Å². The SMILES string of the molecule is CC(C)[C@@H](O)[C@@H](O)[C@H](O)[C@H](O)CO. The van der Waals surface area contributed by atoms with Gasteiger partial charge in [-0.1, -0.05) is 13.8 Å². The fraction of sp³-hybridized carbons (Fsp3) is 1.00. The van der Waals surface area contributed by atoms with Crippen LogP contribution in [0.3, 0.4) is 0 Å². The van der Waals surface area contributed by atoms with Gasteiger partial charge in [-0.15, -0.1) is 0 Å². The smallest absolute Gasteiger partial charge is 0.110 e. The van der Waals surface area contributed by atoms with Crippen LogP contribution in [0.25, 0.3) is 0 Å². The van der Waals surface area contributed by atoms with Gasteiger partial charge in [0.05, 0.1) is 12.7 Å². The molecule has 0 aliphatic rings. The van der Waals surface area contributed by atoms with Crippen molar-refractivity contribution in [3.8, 4) is 0 Å². The predicted molar refractivity (Wildman–Crippen MR) is 46.0 cm³/mol. The Kier molecular flexibility index (Phi) is 5.43. The first-order valence-corrected chi connectivity index (χ1v) is 4.25. The molecule has 0 amide bonds. The summed E-state index contributed by atoms with van der Waals surface area (Å²) in [6.07, 6.45) is -5.51. The van der Waals surface area contributed by atoms with E-state index >= 15 is 0 Å². The van der Waals surface area contributed by atoms with E-state index in [0.717, 1.165) is 0 Å². The lowest BCUT2D eigenvalue weighted by molar-refractivity contribution is -0.124. The second kappa shape index (κ2) is 5.51. The summed E-state index contributed by atoms with van der Waals surface area (Å²) < 4.78 is 0. The highest BCUT2D eigenvalue weighted by molar-refractivity contribution is 4.81. The first-order chi connectivity index (χ1) is 5.91. The number of rotatable bonds is 5. The van der Waals surface area contributed by atoms with Crippen LogP contribution in [-0.4, -0.2) is 56.6 Å². The summed E-state index contributed by atoms with van der Waals surface area (Å²) in [6, 6.07) is 0. The van der Waals surface area contributed by atoms with Gasteiger partial charge in [0.1, 0.15) is 18.3 Å². The maximum absolute atomic E-state index is 9.31. The lowest BCUT2D eigenvalue weighted by Crippen LogP contribution is -2.47. The fourth-order valence-electron chi connectivity index (χ4n) is 0.932. The molecule has 0 aliphatic carbocycles. The average Bonchev–Trinajstić information content (AvgIpc) is 2.12. The van der Waals surface area contributed by atoms with Crippen molar-refractivity contribution in [3.63, 3.8) is 0 Å². The van der Waals surface area contributed by atoms with E-state index in [1.165, 1.54) is 0 Å². The van der Waals surface area contributed by atoms with Gasteiger partial charge in [0.25, 0.3) is 0 Å². The van der Waals surface area contributed by atoms with Crippen LogP contribution in [0.4, 0.5) is 0 Å². The van der Waals surface area contributed by atoms with E-state index in [2.05, 4.69) is 0 Å². The number of aliphatic hydroxyl groups is 5. The standard InChI is InChI=1S/C8H18O5/c1-4(2)6(11)8(13)7(12)5(10)3-9/h4-13H,3H2,1-2H3/t5-,6-,7-,8-/m1/s1. The van der Waals surface area contributed by atoms with Gasteiger partial charge in [0, 0.05) is 0 Å². The summed E-state index contributed by atoms with van der Waals surface area (Å²) in [5, 5.41) is 45.2. The lowest BCUT2D eigenvalue weighted by atomic mass is 9.95. The van der Waals surface area contributed by atoms with Gasteiger partial charge >= 0.3 is 0 Å². The van der Waals surface area contributed by atoms with Crippen molar-refractivity contribution >= 4 is 0 Å². The lowest BCUT2D eigenvalue weighted by Gasteiger charge is -2.27. The van der Waals surface area contributed by atoms with Gasteiger partial charge in [-0.3, -0.25) is 0 Å². The summed E-state index contributed by atoms with van der Waals surface area (Å²) in [6.45, 7) is 2.70. The normalized spacial score (nSPS) is 21.2. The van der Waals surface area contributed by atoms with Crippen molar-refractivity contribution < 1.29 is 25.5 Å². The minimum absolute atomic E-state index is 0.226. The Balaban J connectivity index is 4.15. The molecule has 0 rings (SSSR count). The van der Waals surface area contributed by atoms with Crippen molar-refractivity contribution in [2.75, 3.05) is 6.61 Å². The molecule has 0 aromatic rings. The van der Waals surface area contributed by atoms with Gasteiger partial charge in [0.15, 0.2) is 0 Å². The van der Waals surface area contributed by atoms with Crippen LogP contribution in [0, 0.1) is 5.92 Å². The van der Waals surface area contributed by atoms with E-state index in [9.17, 15) is 15.3 Å². The van der Waals surface area contributed by atoms with E-state index in [0.29, 0.717) is 0 Å². The molecular weight excluding hydrogens is 176 g/mol. The van der Waals surface area contributed by atoms with Crippen molar-refractivity contribution in [3.05, 3.63) is 0 Å². The van der Waals surface area contributed by atoms with Crippen LogP contribution in [0.5, 0.6) is 0 Å². The van der Waals surface area contributed by atoms with E-state index < -0.39 is 31.0 Å². The summed E-state index contributed by atoms with van der Waals surface area (Å²) in [5.74, 6) is -0.226. The van der Waals surface area contributed by atoms with Crippen LogP contribution in [0.15, 0.2) is 0 Å². The van der Waals surface area contributed by atoms with Crippen molar-refractivity contribution in [2.24, 2.45) is 5.92 Å². The van der Waals surface area contributed by atoms with Gasteiger partial charge in [0.2, 0.25) is 0 Å². The zero-order valence-corrected chi connectivity index (χ0v) is 7.83. The van der Waals surface area contributed by atoms with Crippen LogP contribution < -0.4 is 0 Å². The van der Waals surface area contributed by atoms with Crippen LogP contribution >= 0.6 is 0 Å². The highest BCUT2D eigenvalue weighted by Gasteiger charge is 2.31. The molecule has 0 bridgehead atoms. The van der Waals surface area contributed by atoms with Crippen molar-refractivity contribution in [1.82, 2.24) is 0 Å². The predicted octanol–water partition coefficient (Wildman–Crippen LogP) is -1.92. The molecule has 0 radical (unpaired) electrons. The number of hydrogen-bond acceptors (Lipinski definition) is 5. The van der Waals surface area contributed by atoms with Crippen LogP contribution in [-0.2, 0) is 0 Å². The Morgan fingerprint density at radius 1 is 0.846 bits per heavy atom. The minimum Gasteiger partial charge on any atom is -0.394 e. The van der Waals surface area contributed by atoms with Crippen molar-refractivity contribution in [2.45, 2.75) is 38.3 Å². The fourth-order valence-corrected chi connectivity index (χ4v) is 0.932.